The maximum Gasteiger partial charge on any atom is 0.300 e. The number of rotatable bonds is 0. The summed E-state index contributed by atoms with van der Waals surface area (Å²) >= 11 is 0. The number of carboxylic acids is 2. The van der Waals surface area contributed by atoms with Crippen molar-refractivity contribution in [1.29, 1.82) is 0 Å². The summed E-state index contributed by atoms with van der Waals surface area (Å²) in [6, 6.07) is 0. The molecule has 0 rings (SSSR count). The SMILES string of the molecule is CC(=O)O.CC(=O)O.[Zn].[Zn]. The number of carbonyl (C=O) groups is 2. The Kier molecular flexibility index (Phi) is 36.1. The van der Waals surface area contributed by atoms with Crippen LogP contribution >= 0.6 is 0 Å². The van der Waals surface area contributed by atoms with Crippen LogP contribution in [0.4, 0.5) is 0 Å². The third-order valence-electron chi connectivity index (χ3n) is 0. The van der Waals surface area contributed by atoms with Gasteiger partial charge in [0.2, 0.25) is 0 Å². The smallest absolute Gasteiger partial charge is 0.300 e. The van der Waals surface area contributed by atoms with Crippen molar-refractivity contribution in [3.63, 3.8) is 0 Å². The van der Waals surface area contributed by atoms with E-state index >= 15 is 0 Å². The van der Waals surface area contributed by atoms with Gasteiger partial charge in [-0.1, -0.05) is 0 Å². The Morgan fingerprint density at radius 1 is 0.900 bits per heavy atom. The van der Waals surface area contributed by atoms with Crippen molar-refractivity contribution in [3.8, 4) is 0 Å². The normalized spacial score (nSPS) is 5.00. The molecular formula is C4H8O4Zn2. The fourth-order valence-electron chi connectivity index (χ4n) is 0. The largest absolute Gasteiger partial charge is 0.481 e. The Hall–Kier alpha value is 0.187. The van der Waals surface area contributed by atoms with E-state index in [2.05, 4.69) is 0 Å². The molecule has 0 radical (unpaired) electrons. The van der Waals surface area contributed by atoms with Crippen LogP contribution in [0.3, 0.4) is 0 Å². The molecule has 6 heteroatoms. The van der Waals surface area contributed by atoms with Crippen molar-refractivity contribution in [1.82, 2.24) is 0 Å². The molecule has 0 spiro atoms. The third kappa shape index (κ3) is 12100. The summed E-state index contributed by atoms with van der Waals surface area (Å²) < 4.78 is 0. The third-order valence-corrected chi connectivity index (χ3v) is 0. The van der Waals surface area contributed by atoms with Gasteiger partial charge in [0.05, 0.1) is 0 Å². The molecule has 4 nitrogen and oxygen atoms in total. The minimum absolute atomic E-state index is 0. The Bertz CT molecular complexity index is 73.3. The minimum Gasteiger partial charge on any atom is -0.481 e. The summed E-state index contributed by atoms with van der Waals surface area (Å²) in [5.41, 5.74) is 0. The standard InChI is InChI=1S/2C2H4O2.2Zn/c2*1-2(3)4;;/h2*1H3,(H,3,4);;. The van der Waals surface area contributed by atoms with Crippen LogP contribution < -0.4 is 0 Å². The Morgan fingerprint density at radius 3 is 0.900 bits per heavy atom. The molecule has 0 saturated carbocycles. The first kappa shape index (κ1) is 22.5. The molecule has 0 saturated heterocycles. The Morgan fingerprint density at radius 2 is 0.900 bits per heavy atom. The van der Waals surface area contributed by atoms with Gasteiger partial charge in [0, 0.05) is 52.8 Å². The van der Waals surface area contributed by atoms with E-state index in [0.29, 0.717) is 0 Å². The molecule has 0 bridgehead atoms. The fraction of sp³-hybridized carbons (Fsp3) is 0.500. The summed E-state index contributed by atoms with van der Waals surface area (Å²) in [4.78, 5) is 18.0. The van der Waals surface area contributed by atoms with Crippen molar-refractivity contribution in [2.75, 3.05) is 0 Å². The first-order valence-corrected chi connectivity index (χ1v) is 1.86. The van der Waals surface area contributed by atoms with Gasteiger partial charge in [-0.3, -0.25) is 9.59 Å². The minimum atomic E-state index is -0.833. The molecule has 0 fully saturated rings. The molecule has 0 aromatic carbocycles. The molecule has 0 unspecified atom stereocenters. The van der Waals surface area contributed by atoms with Gasteiger partial charge < -0.3 is 10.2 Å². The van der Waals surface area contributed by atoms with E-state index in [1.165, 1.54) is 0 Å². The second-order valence-corrected chi connectivity index (χ2v) is 1.04. The van der Waals surface area contributed by atoms with Crippen LogP contribution in [0.15, 0.2) is 0 Å². The van der Waals surface area contributed by atoms with Crippen molar-refractivity contribution in [3.05, 3.63) is 0 Å². The summed E-state index contributed by atoms with van der Waals surface area (Å²) in [6.07, 6.45) is 0. The number of carboxylic acid groups (broad SMARTS) is 2. The predicted octanol–water partition coefficient (Wildman–Crippen LogP) is 0.177. The van der Waals surface area contributed by atoms with Crippen LogP contribution in [-0.2, 0) is 48.5 Å². The first-order valence-electron chi connectivity index (χ1n) is 1.86. The number of hydrogen-bond acceptors (Lipinski definition) is 2. The maximum atomic E-state index is 9.00. The predicted molar refractivity (Wildman–Crippen MR) is 26.6 cm³/mol. The molecular weight excluding hydrogens is 243 g/mol. The molecule has 0 aliphatic heterocycles. The summed E-state index contributed by atoms with van der Waals surface area (Å²) in [5.74, 6) is -1.67. The number of hydrogen-bond donors (Lipinski definition) is 2. The molecule has 2 N–H and O–H groups in total. The molecule has 0 heterocycles. The average Bonchev–Trinajstić information content (AvgIpc) is 1.25. The summed E-state index contributed by atoms with van der Waals surface area (Å²) in [5, 5.41) is 14.8. The van der Waals surface area contributed by atoms with E-state index in [1.54, 1.807) is 0 Å². The van der Waals surface area contributed by atoms with Crippen LogP contribution in [0.2, 0.25) is 0 Å². The second-order valence-electron chi connectivity index (χ2n) is 1.04. The zero-order chi connectivity index (χ0) is 7.15. The van der Waals surface area contributed by atoms with E-state index in [-0.39, 0.29) is 39.0 Å². The van der Waals surface area contributed by atoms with E-state index in [1.807, 2.05) is 0 Å². The van der Waals surface area contributed by atoms with Crippen LogP contribution in [0.1, 0.15) is 13.8 Å². The zero-order valence-electron chi connectivity index (χ0n) is 6.13. The molecule has 0 amide bonds. The van der Waals surface area contributed by atoms with E-state index < -0.39 is 11.9 Å². The average molecular weight is 251 g/mol. The van der Waals surface area contributed by atoms with Crippen LogP contribution in [0.25, 0.3) is 0 Å². The van der Waals surface area contributed by atoms with E-state index in [4.69, 9.17) is 19.8 Å². The van der Waals surface area contributed by atoms with Crippen molar-refractivity contribution in [2.24, 2.45) is 0 Å². The van der Waals surface area contributed by atoms with Crippen molar-refractivity contribution in [2.45, 2.75) is 13.8 Å². The monoisotopic (exact) mass is 248 g/mol. The van der Waals surface area contributed by atoms with Gasteiger partial charge in [-0.25, -0.2) is 0 Å². The van der Waals surface area contributed by atoms with Crippen molar-refractivity contribution >= 4 is 11.9 Å². The quantitative estimate of drug-likeness (QED) is 0.602. The molecule has 0 aromatic rings. The van der Waals surface area contributed by atoms with Crippen LogP contribution in [0.5, 0.6) is 0 Å². The van der Waals surface area contributed by atoms with Gasteiger partial charge in [-0.05, 0) is 0 Å². The molecule has 10 heavy (non-hydrogen) atoms. The van der Waals surface area contributed by atoms with Gasteiger partial charge in [-0.15, -0.1) is 0 Å². The van der Waals surface area contributed by atoms with Gasteiger partial charge in [0.1, 0.15) is 0 Å². The number of aliphatic carboxylic acids is 2. The van der Waals surface area contributed by atoms with Gasteiger partial charge >= 0.3 is 0 Å². The molecule has 0 aliphatic carbocycles. The topological polar surface area (TPSA) is 74.6 Å². The Labute approximate surface area is 84.5 Å². The zero-order valence-corrected chi connectivity index (χ0v) is 12.1. The summed E-state index contributed by atoms with van der Waals surface area (Å²) in [6.45, 7) is 2.17. The van der Waals surface area contributed by atoms with Crippen LogP contribution in [0, 0.1) is 0 Å². The summed E-state index contributed by atoms with van der Waals surface area (Å²) in [7, 11) is 0. The Balaban J connectivity index is -0.0000000300. The maximum absolute atomic E-state index is 9.00. The fourth-order valence-corrected chi connectivity index (χ4v) is 0. The van der Waals surface area contributed by atoms with Gasteiger partial charge in [0.15, 0.2) is 0 Å². The van der Waals surface area contributed by atoms with E-state index in [9.17, 15) is 0 Å². The second kappa shape index (κ2) is 16.1. The molecule has 0 aromatic heterocycles. The van der Waals surface area contributed by atoms with Gasteiger partial charge in [0.25, 0.3) is 11.9 Å². The molecule has 0 aliphatic rings. The van der Waals surface area contributed by atoms with Gasteiger partial charge in [-0.2, -0.15) is 0 Å². The van der Waals surface area contributed by atoms with Crippen molar-refractivity contribution < 1.29 is 58.8 Å². The first-order chi connectivity index (χ1) is 3.46. The molecule has 52 valence electrons. The van der Waals surface area contributed by atoms with Crippen LogP contribution in [-0.4, -0.2) is 22.2 Å². The molecule has 0 atom stereocenters. The van der Waals surface area contributed by atoms with E-state index in [0.717, 1.165) is 13.8 Å².